The van der Waals surface area contributed by atoms with Gasteiger partial charge in [0.05, 0.1) is 18.0 Å². The van der Waals surface area contributed by atoms with Crippen LogP contribution in [0.1, 0.15) is 39.5 Å². The molecule has 1 saturated heterocycles. The third kappa shape index (κ3) is 3.35. The summed E-state index contributed by atoms with van der Waals surface area (Å²) in [6.45, 7) is 5.83. The van der Waals surface area contributed by atoms with E-state index in [1.165, 1.54) is 0 Å². The average Bonchev–Trinajstić information content (AvgIpc) is 2.04. The molecular formula is C10H20N2O. The summed E-state index contributed by atoms with van der Waals surface area (Å²) in [7, 11) is 0. The van der Waals surface area contributed by atoms with Crippen molar-refractivity contribution in [2.45, 2.75) is 45.1 Å². The van der Waals surface area contributed by atoms with Gasteiger partial charge in [0, 0.05) is 13.0 Å². The van der Waals surface area contributed by atoms with Gasteiger partial charge in [-0.3, -0.25) is 4.99 Å². The molecule has 0 aromatic rings. The molecule has 1 unspecified atom stereocenters. The third-order valence-corrected chi connectivity index (χ3v) is 2.34. The van der Waals surface area contributed by atoms with E-state index >= 15 is 0 Å². The molecule has 3 heteroatoms. The lowest BCUT2D eigenvalue weighted by molar-refractivity contribution is 0.0467. The molecule has 1 fully saturated rings. The minimum atomic E-state index is -0.0580. The monoisotopic (exact) mass is 184 g/mol. The first-order chi connectivity index (χ1) is 6.16. The highest BCUT2D eigenvalue weighted by Crippen LogP contribution is 2.22. The zero-order valence-electron chi connectivity index (χ0n) is 8.68. The Morgan fingerprint density at radius 3 is 2.92 bits per heavy atom. The Morgan fingerprint density at radius 1 is 1.62 bits per heavy atom. The van der Waals surface area contributed by atoms with E-state index in [0.29, 0.717) is 0 Å². The first kappa shape index (κ1) is 10.5. The summed E-state index contributed by atoms with van der Waals surface area (Å²) in [4.78, 5) is 4.53. The summed E-state index contributed by atoms with van der Waals surface area (Å²) in [5, 5.41) is 0. The van der Waals surface area contributed by atoms with Gasteiger partial charge in [0.15, 0.2) is 0 Å². The van der Waals surface area contributed by atoms with Crippen LogP contribution in [0.2, 0.25) is 0 Å². The van der Waals surface area contributed by atoms with Crippen LogP contribution in [-0.2, 0) is 4.74 Å². The molecule has 1 aliphatic rings. The van der Waals surface area contributed by atoms with E-state index in [1.807, 2.05) is 0 Å². The van der Waals surface area contributed by atoms with Crippen molar-refractivity contribution in [1.29, 1.82) is 0 Å². The highest BCUT2D eigenvalue weighted by molar-refractivity contribution is 5.80. The largest absolute Gasteiger partial charge is 0.387 e. The fourth-order valence-electron chi connectivity index (χ4n) is 1.67. The van der Waals surface area contributed by atoms with Crippen LogP contribution in [0.4, 0.5) is 0 Å². The number of rotatable bonds is 3. The fraction of sp³-hybridized carbons (Fsp3) is 0.900. The van der Waals surface area contributed by atoms with Crippen LogP contribution in [0.5, 0.6) is 0 Å². The van der Waals surface area contributed by atoms with Gasteiger partial charge in [0.1, 0.15) is 0 Å². The number of hydrogen-bond donors (Lipinski definition) is 1. The van der Waals surface area contributed by atoms with Crippen molar-refractivity contribution in [3.05, 3.63) is 0 Å². The topological polar surface area (TPSA) is 47.6 Å². The van der Waals surface area contributed by atoms with Crippen LogP contribution in [0.15, 0.2) is 4.99 Å². The number of ether oxygens (including phenoxy) is 1. The zero-order valence-corrected chi connectivity index (χ0v) is 8.68. The smallest absolute Gasteiger partial charge is 0.0944 e. The van der Waals surface area contributed by atoms with Crippen molar-refractivity contribution in [3.8, 4) is 0 Å². The molecule has 76 valence electrons. The molecule has 2 N–H and O–H groups in total. The summed E-state index contributed by atoms with van der Waals surface area (Å²) >= 11 is 0. The average molecular weight is 184 g/mol. The molecule has 1 rings (SSSR count). The minimum absolute atomic E-state index is 0.0580. The molecule has 0 aromatic carbocycles. The molecule has 13 heavy (non-hydrogen) atoms. The first-order valence-electron chi connectivity index (χ1n) is 5.08. The molecule has 1 heterocycles. The quantitative estimate of drug-likeness (QED) is 0.536. The summed E-state index contributed by atoms with van der Waals surface area (Å²) in [6, 6.07) is 0. The van der Waals surface area contributed by atoms with Gasteiger partial charge in [-0.25, -0.2) is 0 Å². The molecule has 3 nitrogen and oxygen atoms in total. The Kier molecular flexibility index (Phi) is 3.72. The third-order valence-electron chi connectivity index (χ3n) is 2.34. The van der Waals surface area contributed by atoms with Crippen molar-refractivity contribution >= 4 is 5.84 Å². The number of nitrogens with zero attached hydrogens (tertiary/aromatic N) is 1. The van der Waals surface area contributed by atoms with Crippen molar-refractivity contribution in [1.82, 2.24) is 0 Å². The molecule has 1 aliphatic heterocycles. The predicted octanol–water partition coefficient (Wildman–Crippen LogP) is 1.71. The van der Waals surface area contributed by atoms with Crippen LogP contribution in [-0.4, -0.2) is 24.6 Å². The van der Waals surface area contributed by atoms with Gasteiger partial charge in [0.2, 0.25) is 0 Å². The second kappa shape index (κ2) is 4.61. The standard InChI is InChI=1S/C10H20N2O/c1-3-5-9(11)12-10(2)6-4-7-13-8-10/h3-8H2,1-2H3,(H2,11,12). The maximum absolute atomic E-state index is 5.79. The number of amidine groups is 1. The Bertz CT molecular complexity index is 183. The lowest BCUT2D eigenvalue weighted by Crippen LogP contribution is -2.35. The van der Waals surface area contributed by atoms with Crippen molar-refractivity contribution in [2.75, 3.05) is 13.2 Å². The van der Waals surface area contributed by atoms with E-state index in [2.05, 4.69) is 18.8 Å². The summed E-state index contributed by atoms with van der Waals surface area (Å²) < 4.78 is 5.40. The van der Waals surface area contributed by atoms with Gasteiger partial charge in [-0.1, -0.05) is 6.92 Å². The fourth-order valence-corrected chi connectivity index (χ4v) is 1.67. The van der Waals surface area contributed by atoms with Gasteiger partial charge in [-0.2, -0.15) is 0 Å². The second-order valence-corrected chi connectivity index (χ2v) is 4.01. The Labute approximate surface area is 80.4 Å². The van der Waals surface area contributed by atoms with E-state index in [4.69, 9.17) is 10.5 Å². The molecule has 0 radical (unpaired) electrons. The Hall–Kier alpha value is -0.570. The predicted molar refractivity (Wildman–Crippen MR) is 55.0 cm³/mol. The zero-order chi connectivity index (χ0) is 9.73. The van der Waals surface area contributed by atoms with Crippen LogP contribution in [0.3, 0.4) is 0 Å². The van der Waals surface area contributed by atoms with E-state index in [-0.39, 0.29) is 5.54 Å². The molecule has 0 aliphatic carbocycles. The van der Waals surface area contributed by atoms with Gasteiger partial charge in [0.25, 0.3) is 0 Å². The molecule has 0 saturated carbocycles. The SMILES string of the molecule is CCCC(N)=NC1(C)CCCOC1. The van der Waals surface area contributed by atoms with Gasteiger partial charge in [-0.15, -0.1) is 0 Å². The molecule has 0 spiro atoms. The lowest BCUT2D eigenvalue weighted by atomic mass is 9.96. The van der Waals surface area contributed by atoms with Crippen molar-refractivity contribution in [3.63, 3.8) is 0 Å². The van der Waals surface area contributed by atoms with E-state index in [1.54, 1.807) is 0 Å². The highest BCUT2D eigenvalue weighted by atomic mass is 16.5. The summed E-state index contributed by atoms with van der Waals surface area (Å²) in [5.41, 5.74) is 5.74. The maximum atomic E-state index is 5.79. The molecule has 0 aromatic heterocycles. The van der Waals surface area contributed by atoms with Crippen molar-refractivity contribution in [2.24, 2.45) is 10.7 Å². The number of aliphatic imine (C=N–C) groups is 1. The first-order valence-corrected chi connectivity index (χ1v) is 5.08. The maximum Gasteiger partial charge on any atom is 0.0944 e. The van der Waals surface area contributed by atoms with Crippen LogP contribution in [0, 0.1) is 0 Å². The number of nitrogens with two attached hydrogens (primary N) is 1. The Morgan fingerprint density at radius 2 is 2.38 bits per heavy atom. The van der Waals surface area contributed by atoms with Crippen LogP contribution >= 0.6 is 0 Å². The van der Waals surface area contributed by atoms with E-state index < -0.39 is 0 Å². The summed E-state index contributed by atoms with van der Waals surface area (Å²) in [6.07, 6.45) is 4.15. The highest BCUT2D eigenvalue weighted by Gasteiger charge is 2.26. The van der Waals surface area contributed by atoms with Crippen LogP contribution < -0.4 is 5.73 Å². The van der Waals surface area contributed by atoms with Crippen molar-refractivity contribution < 1.29 is 4.74 Å². The molecular weight excluding hydrogens is 164 g/mol. The van der Waals surface area contributed by atoms with Gasteiger partial charge >= 0.3 is 0 Å². The van der Waals surface area contributed by atoms with Gasteiger partial charge < -0.3 is 10.5 Å². The molecule has 0 amide bonds. The lowest BCUT2D eigenvalue weighted by Gasteiger charge is -2.30. The molecule has 0 bridgehead atoms. The van der Waals surface area contributed by atoms with Crippen LogP contribution in [0.25, 0.3) is 0 Å². The number of hydrogen-bond acceptors (Lipinski definition) is 2. The van der Waals surface area contributed by atoms with E-state index in [9.17, 15) is 0 Å². The summed E-state index contributed by atoms with van der Waals surface area (Å²) in [5.74, 6) is 0.774. The van der Waals surface area contributed by atoms with E-state index in [0.717, 1.165) is 44.7 Å². The second-order valence-electron chi connectivity index (χ2n) is 4.01. The minimum Gasteiger partial charge on any atom is -0.387 e. The normalized spacial score (nSPS) is 30.5. The Balaban J connectivity index is 2.52. The molecule has 1 atom stereocenters. The van der Waals surface area contributed by atoms with Gasteiger partial charge in [-0.05, 0) is 26.2 Å².